The van der Waals surface area contributed by atoms with E-state index in [1.165, 1.54) is 18.4 Å². The second-order valence-corrected chi connectivity index (χ2v) is 4.62. The molecule has 0 bridgehead atoms. The highest BCUT2D eigenvalue weighted by Gasteiger charge is 2.39. The van der Waals surface area contributed by atoms with Crippen LogP contribution < -0.4 is 5.73 Å². The van der Waals surface area contributed by atoms with E-state index in [4.69, 9.17) is 10.2 Å². The fourth-order valence-electron chi connectivity index (χ4n) is 1.92. The van der Waals surface area contributed by atoms with Crippen LogP contribution in [0.3, 0.4) is 0 Å². The average Bonchev–Trinajstić information content (AvgIpc) is 2.99. The van der Waals surface area contributed by atoms with Gasteiger partial charge in [0.25, 0.3) is 0 Å². The maximum Gasteiger partial charge on any atom is 0.450 e. The van der Waals surface area contributed by atoms with E-state index in [0.717, 1.165) is 6.07 Å². The lowest BCUT2D eigenvalue weighted by molar-refractivity contribution is -0.170. The van der Waals surface area contributed by atoms with Crippen molar-refractivity contribution in [2.24, 2.45) is 5.73 Å². The molecule has 0 fully saturated rings. The van der Waals surface area contributed by atoms with Crippen molar-refractivity contribution in [3.8, 4) is 11.3 Å². The van der Waals surface area contributed by atoms with Crippen LogP contribution in [-0.2, 0) is 4.79 Å². The highest BCUT2D eigenvalue weighted by atomic mass is 19.4. The zero-order valence-electron chi connectivity index (χ0n) is 11.5. The second-order valence-electron chi connectivity index (χ2n) is 4.62. The van der Waals surface area contributed by atoms with Crippen molar-refractivity contribution in [3.05, 3.63) is 47.7 Å². The number of amides is 1. The molecule has 0 aliphatic heterocycles. The third-order valence-corrected chi connectivity index (χ3v) is 3.03. The zero-order chi connectivity index (χ0) is 17.2. The van der Waals surface area contributed by atoms with Crippen LogP contribution in [0.5, 0.6) is 0 Å². The van der Waals surface area contributed by atoms with Crippen LogP contribution in [0.1, 0.15) is 27.1 Å². The molecule has 0 aliphatic carbocycles. The van der Waals surface area contributed by atoms with Crippen molar-refractivity contribution in [1.29, 1.82) is 0 Å². The standard InChI is InChI=1S/C15H10F3NO4/c16-15(17,18)13(21)7-11(20)8-3-4-9(10(6-8)14(19)22)12-2-1-5-23-12/h1-6H,7H2,(H2,19,22). The number of alkyl halides is 3. The number of primary amides is 1. The van der Waals surface area contributed by atoms with Gasteiger partial charge in [0, 0.05) is 11.1 Å². The van der Waals surface area contributed by atoms with Crippen LogP contribution in [0.2, 0.25) is 0 Å². The first kappa shape index (κ1) is 16.5. The summed E-state index contributed by atoms with van der Waals surface area (Å²) in [5.41, 5.74) is 5.21. The summed E-state index contributed by atoms with van der Waals surface area (Å²) in [7, 11) is 0. The van der Waals surface area contributed by atoms with Crippen LogP contribution in [0, 0.1) is 0 Å². The summed E-state index contributed by atoms with van der Waals surface area (Å²) in [5.74, 6) is -3.78. The number of hydrogen-bond donors (Lipinski definition) is 1. The summed E-state index contributed by atoms with van der Waals surface area (Å²) < 4.78 is 41.7. The van der Waals surface area contributed by atoms with Gasteiger partial charge in [-0.1, -0.05) is 6.07 Å². The van der Waals surface area contributed by atoms with Crippen LogP contribution in [0.15, 0.2) is 41.0 Å². The van der Waals surface area contributed by atoms with Gasteiger partial charge in [-0.05, 0) is 24.3 Å². The minimum absolute atomic E-state index is 0.0924. The van der Waals surface area contributed by atoms with Crippen LogP contribution in [0.25, 0.3) is 11.3 Å². The molecular weight excluding hydrogens is 315 g/mol. The quantitative estimate of drug-likeness (QED) is 0.676. The normalized spacial score (nSPS) is 11.3. The molecular formula is C15H10F3NO4. The summed E-state index contributed by atoms with van der Waals surface area (Å²) in [5, 5.41) is 0. The highest BCUT2D eigenvalue weighted by molar-refractivity contribution is 6.11. The number of hydrogen-bond acceptors (Lipinski definition) is 4. The van der Waals surface area contributed by atoms with E-state index in [-0.39, 0.29) is 11.1 Å². The van der Waals surface area contributed by atoms with Crippen molar-refractivity contribution in [2.45, 2.75) is 12.6 Å². The summed E-state index contributed by atoms with van der Waals surface area (Å²) in [6.45, 7) is 0. The van der Waals surface area contributed by atoms with Crippen LogP contribution in [0.4, 0.5) is 13.2 Å². The number of rotatable bonds is 5. The molecule has 8 heteroatoms. The summed E-state index contributed by atoms with van der Waals surface area (Å²) in [6, 6.07) is 6.70. The molecule has 120 valence electrons. The Morgan fingerprint density at radius 1 is 1.13 bits per heavy atom. The molecule has 2 aromatic rings. The number of halogens is 3. The highest BCUT2D eigenvalue weighted by Crippen LogP contribution is 2.26. The van der Waals surface area contributed by atoms with E-state index in [1.807, 2.05) is 0 Å². The number of benzene rings is 1. The van der Waals surface area contributed by atoms with E-state index < -0.39 is 30.1 Å². The third kappa shape index (κ3) is 3.65. The van der Waals surface area contributed by atoms with Gasteiger partial charge in [-0.2, -0.15) is 13.2 Å². The topological polar surface area (TPSA) is 90.4 Å². The van der Waals surface area contributed by atoms with Gasteiger partial charge in [-0.15, -0.1) is 0 Å². The molecule has 0 aliphatic rings. The predicted molar refractivity (Wildman–Crippen MR) is 72.7 cm³/mol. The first-order valence-electron chi connectivity index (χ1n) is 6.31. The Bertz CT molecular complexity index is 764. The monoisotopic (exact) mass is 325 g/mol. The van der Waals surface area contributed by atoms with E-state index in [2.05, 4.69) is 0 Å². The third-order valence-electron chi connectivity index (χ3n) is 3.03. The maximum absolute atomic E-state index is 12.2. The van der Waals surface area contributed by atoms with E-state index in [9.17, 15) is 27.6 Å². The summed E-state index contributed by atoms with van der Waals surface area (Å²) in [6.07, 6.45) is -5.06. The molecule has 1 aromatic heterocycles. The van der Waals surface area contributed by atoms with Crippen LogP contribution >= 0.6 is 0 Å². The van der Waals surface area contributed by atoms with E-state index in [1.54, 1.807) is 12.1 Å². The fourth-order valence-corrected chi connectivity index (χ4v) is 1.92. The minimum atomic E-state index is -5.09. The first-order chi connectivity index (χ1) is 10.7. The lowest BCUT2D eigenvalue weighted by atomic mass is 9.97. The summed E-state index contributed by atoms with van der Waals surface area (Å²) >= 11 is 0. The van der Waals surface area contributed by atoms with Gasteiger partial charge in [-0.3, -0.25) is 14.4 Å². The largest absolute Gasteiger partial charge is 0.464 e. The molecule has 0 spiro atoms. The Morgan fingerprint density at radius 3 is 2.35 bits per heavy atom. The zero-order valence-corrected chi connectivity index (χ0v) is 11.5. The van der Waals surface area contributed by atoms with Crippen molar-refractivity contribution >= 4 is 17.5 Å². The van der Waals surface area contributed by atoms with Gasteiger partial charge in [0.05, 0.1) is 18.2 Å². The molecule has 1 aromatic carbocycles. The number of ketones is 2. The molecule has 0 saturated carbocycles. The number of nitrogens with two attached hydrogens (primary N) is 1. The van der Waals surface area contributed by atoms with Crippen molar-refractivity contribution in [2.75, 3.05) is 0 Å². The van der Waals surface area contributed by atoms with Gasteiger partial charge in [0.1, 0.15) is 5.76 Å². The molecule has 1 heterocycles. The van der Waals surface area contributed by atoms with Gasteiger partial charge in [0.15, 0.2) is 5.78 Å². The minimum Gasteiger partial charge on any atom is -0.464 e. The van der Waals surface area contributed by atoms with Gasteiger partial charge in [0.2, 0.25) is 11.7 Å². The Hall–Kier alpha value is -2.90. The lowest BCUT2D eigenvalue weighted by Gasteiger charge is -2.08. The summed E-state index contributed by atoms with van der Waals surface area (Å²) in [4.78, 5) is 34.1. The number of carbonyl (C=O) groups is 3. The van der Waals surface area contributed by atoms with Gasteiger partial charge < -0.3 is 10.2 Å². The predicted octanol–water partition coefficient (Wildman–Crippen LogP) is 2.75. The molecule has 0 unspecified atom stereocenters. The van der Waals surface area contributed by atoms with E-state index >= 15 is 0 Å². The smallest absolute Gasteiger partial charge is 0.450 e. The molecule has 1 amide bonds. The SMILES string of the molecule is NC(=O)c1cc(C(=O)CC(=O)C(F)(F)F)ccc1-c1ccco1. The number of furan rings is 1. The van der Waals surface area contributed by atoms with Crippen molar-refractivity contribution < 1.29 is 32.0 Å². The molecule has 2 rings (SSSR count). The Kier molecular flexibility index (Phi) is 4.35. The van der Waals surface area contributed by atoms with Crippen molar-refractivity contribution in [3.63, 3.8) is 0 Å². The average molecular weight is 325 g/mol. The maximum atomic E-state index is 12.2. The van der Waals surface area contributed by atoms with E-state index in [0.29, 0.717) is 11.3 Å². The molecule has 0 saturated heterocycles. The molecule has 23 heavy (non-hydrogen) atoms. The number of carbonyl (C=O) groups excluding carboxylic acids is 3. The number of Topliss-reactive ketones (excluding diaryl/α,β-unsaturated/α-hetero) is 2. The Morgan fingerprint density at radius 2 is 1.83 bits per heavy atom. The molecule has 0 atom stereocenters. The lowest BCUT2D eigenvalue weighted by Crippen LogP contribution is -2.25. The Balaban J connectivity index is 2.35. The Labute approximate surface area is 127 Å². The molecule has 2 N–H and O–H groups in total. The van der Waals surface area contributed by atoms with Crippen LogP contribution in [-0.4, -0.2) is 23.6 Å². The van der Waals surface area contributed by atoms with Gasteiger partial charge in [-0.25, -0.2) is 0 Å². The second kappa shape index (κ2) is 6.07. The molecule has 5 nitrogen and oxygen atoms in total. The van der Waals surface area contributed by atoms with Gasteiger partial charge >= 0.3 is 6.18 Å². The van der Waals surface area contributed by atoms with Crippen molar-refractivity contribution in [1.82, 2.24) is 0 Å². The molecule has 0 radical (unpaired) electrons. The first-order valence-corrected chi connectivity index (χ1v) is 6.31. The fraction of sp³-hybridized carbons (Fsp3) is 0.133.